The summed E-state index contributed by atoms with van der Waals surface area (Å²) in [6.07, 6.45) is 0. The van der Waals surface area contributed by atoms with Gasteiger partial charge in [0.25, 0.3) is 11.6 Å². The molecule has 3 rings (SSSR count). The molecule has 13 heteroatoms. The molecule has 0 bridgehead atoms. The number of aryl methyl sites for hydroxylation is 1. The highest BCUT2D eigenvalue weighted by Crippen LogP contribution is 2.30. The van der Waals surface area contributed by atoms with Crippen LogP contribution >= 0.6 is 23.1 Å². The molecule has 0 radical (unpaired) electrons. The van der Waals surface area contributed by atoms with Gasteiger partial charge in [0.05, 0.1) is 30.6 Å². The molecule has 0 fully saturated rings. The molecule has 11 nitrogen and oxygen atoms in total. The van der Waals surface area contributed by atoms with Crippen molar-refractivity contribution in [3.63, 3.8) is 0 Å². The topological polar surface area (TPSA) is 146 Å². The number of aromatic nitrogens is 2. The second kappa shape index (κ2) is 10.7. The van der Waals surface area contributed by atoms with Crippen molar-refractivity contribution in [3.8, 4) is 11.5 Å². The average Bonchev–Trinajstić information content (AvgIpc) is 3.24. The van der Waals surface area contributed by atoms with Crippen LogP contribution in [0.15, 0.2) is 40.7 Å². The number of nitrogens with one attached hydrogen (secondary N) is 2. The van der Waals surface area contributed by atoms with Crippen molar-refractivity contribution in [2.24, 2.45) is 0 Å². The third-order valence-corrected chi connectivity index (χ3v) is 6.27. The van der Waals surface area contributed by atoms with Crippen molar-refractivity contribution in [1.82, 2.24) is 10.2 Å². The highest BCUT2D eigenvalue weighted by molar-refractivity contribution is 8.01. The van der Waals surface area contributed by atoms with Gasteiger partial charge in [-0.05, 0) is 25.1 Å². The molecule has 0 saturated heterocycles. The summed E-state index contributed by atoms with van der Waals surface area (Å²) in [5.41, 5.74) is 0.911. The second-order valence-electron chi connectivity index (χ2n) is 6.49. The van der Waals surface area contributed by atoms with Crippen LogP contribution in [0.25, 0.3) is 0 Å². The first-order valence-electron chi connectivity index (χ1n) is 9.35. The van der Waals surface area contributed by atoms with Crippen molar-refractivity contribution in [3.05, 3.63) is 57.6 Å². The number of anilines is 2. The minimum absolute atomic E-state index is 0.0487. The number of carbonyl (C=O) groups excluding carboxylic acids is 2. The van der Waals surface area contributed by atoms with Gasteiger partial charge < -0.3 is 14.8 Å². The summed E-state index contributed by atoms with van der Waals surface area (Å²) in [5.74, 6) is 0.272. The second-order valence-corrected chi connectivity index (χ2v) is 8.69. The lowest BCUT2D eigenvalue weighted by Gasteiger charge is -2.11. The fourth-order valence-electron chi connectivity index (χ4n) is 2.66. The molecule has 0 saturated carbocycles. The van der Waals surface area contributed by atoms with E-state index in [0.29, 0.717) is 27.1 Å². The summed E-state index contributed by atoms with van der Waals surface area (Å²) in [5, 5.41) is 24.4. The van der Waals surface area contributed by atoms with Gasteiger partial charge in [0.2, 0.25) is 11.0 Å². The molecule has 0 aliphatic carbocycles. The molecule has 0 unspecified atom stereocenters. The van der Waals surface area contributed by atoms with Gasteiger partial charge >= 0.3 is 0 Å². The molecule has 1 aromatic heterocycles. The Balaban J connectivity index is 1.58. The minimum Gasteiger partial charge on any atom is -0.497 e. The Kier molecular flexibility index (Phi) is 7.79. The molecule has 2 aromatic carbocycles. The maximum Gasteiger partial charge on any atom is 0.273 e. The number of nitro groups is 1. The van der Waals surface area contributed by atoms with Crippen LogP contribution in [0.4, 0.5) is 16.5 Å². The minimum atomic E-state index is -0.548. The first-order chi connectivity index (χ1) is 15.8. The monoisotopic (exact) mass is 489 g/mol. The number of amides is 2. The van der Waals surface area contributed by atoms with Crippen molar-refractivity contribution < 1.29 is 24.0 Å². The summed E-state index contributed by atoms with van der Waals surface area (Å²) >= 11 is 2.23. The molecule has 0 spiro atoms. The summed E-state index contributed by atoms with van der Waals surface area (Å²) in [7, 11) is 3.02. The molecule has 0 atom stereocenters. The van der Waals surface area contributed by atoms with Gasteiger partial charge in [-0.25, -0.2) is 0 Å². The zero-order valence-electron chi connectivity index (χ0n) is 17.8. The Morgan fingerprint density at radius 3 is 2.61 bits per heavy atom. The third kappa shape index (κ3) is 6.17. The van der Waals surface area contributed by atoms with Crippen LogP contribution in [0.3, 0.4) is 0 Å². The third-order valence-electron chi connectivity index (χ3n) is 4.30. The molecule has 2 N–H and O–H groups in total. The number of nitro benzene ring substituents is 1. The largest absolute Gasteiger partial charge is 0.497 e. The van der Waals surface area contributed by atoms with E-state index in [4.69, 9.17) is 9.47 Å². The van der Waals surface area contributed by atoms with E-state index < -0.39 is 10.8 Å². The lowest BCUT2D eigenvalue weighted by Crippen LogP contribution is -2.14. The molecular formula is C20H19N5O6S2. The molecule has 2 amide bonds. The van der Waals surface area contributed by atoms with E-state index in [0.717, 1.165) is 23.1 Å². The fourth-order valence-corrected chi connectivity index (χ4v) is 4.21. The normalized spacial score (nSPS) is 10.4. The Bertz CT molecular complexity index is 1200. The Labute approximate surface area is 196 Å². The average molecular weight is 490 g/mol. The van der Waals surface area contributed by atoms with Gasteiger partial charge in [0, 0.05) is 23.3 Å². The van der Waals surface area contributed by atoms with E-state index in [1.165, 1.54) is 32.4 Å². The number of hydrogen-bond donors (Lipinski definition) is 2. The van der Waals surface area contributed by atoms with Gasteiger partial charge in [-0.3, -0.25) is 25.0 Å². The van der Waals surface area contributed by atoms with E-state index in [1.54, 1.807) is 25.1 Å². The summed E-state index contributed by atoms with van der Waals surface area (Å²) < 4.78 is 10.9. The van der Waals surface area contributed by atoms with Crippen LogP contribution in [-0.2, 0) is 4.79 Å². The van der Waals surface area contributed by atoms with Gasteiger partial charge in [0.1, 0.15) is 11.5 Å². The van der Waals surface area contributed by atoms with Crippen LogP contribution in [0.2, 0.25) is 0 Å². The fraction of sp³-hybridized carbons (Fsp3) is 0.200. The highest BCUT2D eigenvalue weighted by Gasteiger charge is 2.17. The number of ether oxygens (including phenoxy) is 2. The van der Waals surface area contributed by atoms with Gasteiger partial charge in [-0.15, -0.1) is 10.2 Å². The van der Waals surface area contributed by atoms with Crippen LogP contribution in [0, 0.1) is 17.0 Å². The number of nitrogens with zero attached hydrogens (tertiary/aromatic N) is 3. The predicted octanol–water partition coefficient (Wildman–Crippen LogP) is 3.76. The molecular weight excluding hydrogens is 470 g/mol. The quantitative estimate of drug-likeness (QED) is 0.198. The lowest BCUT2D eigenvalue weighted by atomic mass is 10.1. The zero-order chi connectivity index (χ0) is 24.0. The first kappa shape index (κ1) is 23.9. The van der Waals surface area contributed by atoms with Crippen molar-refractivity contribution >= 4 is 51.4 Å². The van der Waals surface area contributed by atoms with E-state index in [2.05, 4.69) is 20.8 Å². The lowest BCUT2D eigenvalue weighted by molar-refractivity contribution is -0.385. The van der Waals surface area contributed by atoms with E-state index in [1.807, 2.05) is 0 Å². The molecule has 33 heavy (non-hydrogen) atoms. The first-order valence-corrected chi connectivity index (χ1v) is 11.2. The number of hydrogen-bond acceptors (Lipinski definition) is 10. The maximum absolute atomic E-state index is 12.4. The Morgan fingerprint density at radius 2 is 1.91 bits per heavy atom. The molecule has 0 aliphatic rings. The van der Waals surface area contributed by atoms with Gasteiger partial charge in [0.15, 0.2) is 4.34 Å². The predicted molar refractivity (Wildman–Crippen MR) is 125 cm³/mol. The number of benzene rings is 2. The smallest absolute Gasteiger partial charge is 0.273 e. The van der Waals surface area contributed by atoms with Crippen molar-refractivity contribution in [2.45, 2.75) is 11.3 Å². The van der Waals surface area contributed by atoms with Gasteiger partial charge in [-0.2, -0.15) is 0 Å². The Hall–Kier alpha value is -3.71. The maximum atomic E-state index is 12.4. The zero-order valence-corrected chi connectivity index (χ0v) is 19.4. The van der Waals surface area contributed by atoms with Crippen LogP contribution in [0.5, 0.6) is 11.5 Å². The standard InChI is InChI=1S/C20H19N5O6S2/c1-11-4-5-12(8-15(11)25(28)29)18(27)22-19-23-24-20(33-19)32-10-17(26)21-14-9-13(30-2)6-7-16(14)31-3/h4-9H,10H2,1-3H3,(H,21,26)(H,22,23,27). The summed E-state index contributed by atoms with van der Waals surface area (Å²) in [4.78, 5) is 35.3. The SMILES string of the molecule is COc1ccc(OC)c(NC(=O)CSc2nnc(NC(=O)c3ccc(C)c([N+](=O)[O-])c3)s2)c1. The molecule has 0 aliphatic heterocycles. The number of methoxy groups -OCH3 is 2. The highest BCUT2D eigenvalue weighted by atomic mass is 32.2. The van der Waals surface area contributed by atoms with E-state index in [-0.39, 0.29) is 28.0 Å². The Morgan fingerprint density at radius 1 is 1.12 bits per heavy atom. The summed E-state index contributed by atoms with van der Waals surface area (Å²) in [6.45, 7) is 1.59. The van der Waals surface area contributed by atoms with E-state index >= 15 is 0 Å². The number of carbonyl (C=O) groups is 2. The number of thioether (sulfide) groups is 1. The van der Waals surface area contributed by atoms with Crippen LogP contribution in [-0.4, -0.2) is 46.9 Å². The van der Waals surface area contributed by atoms with Crippen molar-refractivity contribution in [2.75, 3.05) is 30.6 Å². The molecule has 172 valence electrons. The molecule has 1 heterocycles. The van der Waals surface area contributed by atoms with Crippen LogP contribution in [0.1, 0.15) is 15.9 Å². The number of rotatable bonds is 9. The van der Waals surface area contributed by atoms with Crippen LogP contribution < -0.4 is 20.1 Å². The van der Waals surface area contributed by atoms with Crippen molar-refractivity contribution in [1.29, 1.82) is 0 Å². The summed E-state index contributed by atoms with van der Waals surface area (Å²) in [6, 6.07) is 9.25. The van der Waals surface area contributed by atoms with Gasteiger partial charge in [-0.1, -0.05) is 29.2 Å². The molecule has 3 aromatic rings. The van der Waals surface area contributed by atoms with E-state index in [9.17, 15) is 19.7 Å².